The SMILES string of the molecule is Cc1cc(C(=O)N2CCN(c3cc(C)nc(C(C)C)n3)CC2)on1. The van der Waals surface area contributed by atoms with Gasteiger partial charge in [0.05, 0.1) is 5.69 Å². The molecule has 2 aromatic heterocycles. The first kappa shape index (κ1) is 16.4. The molecule has 0 saturated carbocycles. The Labute approximate surface area is 141 Å². The highest BCUT2D eigenvalue weighted by molar-refractivity contribution is 5.91. The van der Waals surface area contributed by atoms with Crippen LogP contribution in [-0.2, 0) is 0 Å². The van der Waals surface area contributed by atoms with Gasteiger partial charge in [-0.2, -0.15) is 0 Å². The van der Waals surface area contributed by atoms with Crippen LogP contribution in [0.1, 0.15) is 47.5 Å². The molecule has 3 rings (SSSR count). The number of carbonyl (C=O) groups excluding carboxylic acids is 1. The maximum absolute atomic E-state index is 12.4. The number of nitrogens with zero attached hydrogens (tertiary/aromatic N) is 5. The van der Waals surface area contributed by atoms with Gasteiger partial charge in [0, 0.05) is 49.9 Å². The maximum Gasteiger partial charge on any atom is 0.292 e. The molecular weight excluding hydrogens is 306 g/mol. The molecule has 1 aliphatic heterocycles. The summed E-state index contributed by atoms with van der Waals surface area (Å²) < 4.78 is 5.07. The molecule has 0 aromatic carbocycles. The summed E-state index contributed by atoms with van der Waals surface area (Å²) in [6, 6.07) is 3.68. The number of piperazine rings is 1. The quantitative estimate of drug-likeness (QED) is 0.859. The molecule has 0 atom stereocenters. The first-order chi connectivity index (χ1) is 11.4. The predicted molar refractivity (Wildman–Crippen MR) is 90.2 cm³/mol. The number of anilines is 1. The summed E-state index contributed by atoms with van der Waals surface area (Å²) in [7, 11) is 0. The Bertz CT molecular complexity index is 732. The monoisotopic (exact) mass is 329 g/mol. The number of aryl methyl sites for hydroxylation is 2. The zero-order chi connectivity index (χ0) is 17.3. The molecule has 128 valence electrons. The Balaban J connectivity index is 1.68. The molecule has 3 heterocycles. The van der Waals surface area contributed by atoms with Crippen molar-refractivity contribution in [2.24, 2.45) is 0 Å². The van der Waals surface area contributed by atoms with Crippen LogP contribution in [0.4, 0.5) is 5.82 Å². The van der Waals surface area contributed by atoms with E-state index in [9.17, 15) is 4.79 Å². The summed E-state index contributed by atoms with van der Waals surface area (Å²) in [4.78, 5) is 25.6. The van der Waals surface area contributed by atoms with Crippen LogP contribution in [0.3, 0.4) is 0 Å². The highest BCUT2D eigenvalue weighted by atomic mass is 16.5. The zero-order valence-electron chi connectivity index (χ0n) is 14.6. The third-order valence-electron chi connectivity index (χ3n) is 4.10. The van der Waals surface area contributed by atoms with Crippen molar-refractivity contribution in [3.05, 3.63) is 35.1 Å². The fourth-order valence-electron chi connectivity index (χ4n) is 2.75. The van der Waals surface area contributed by atoms with Crippen LogP contribution in [0.5, 0.6) is 0 Å². The van der Waals surface area contributed by atoms with Crippen molar-refractivity contribution in [3.8, 4) is 0 Å². The van der Waals surface area contributed by atoms with Crippen LogP contribution in [0.15, 0.2) is 16.7 Å². The second-order valence-corrected chi connectivity index (χ2v) is 6.49. The van der Waals surface area contributed by atoms with Crippen LogP contribution in [0.2, 0.25) is 0 Å². The fourth-order valence-corrected chi connectivity index (χ4v) is 2.75. The molecule has 0 spiro atoms. The van der Waals surface area contributed by atoms with Crippen molar-refractivity contribution in [1.82, 2.24) is 20.0 Å². The van der Waals surface area contributed by atoms with Gasteiger partial charge in [0.15, 0.2) is 0 Å². The van der Waals surface area contributed by atoms with Gasteiger partial charge >= 0.3 is 0 Å². The lowest BCUT2D eigenvalue weighted by Crippen LogP contribution is -2.49. The van der Waals surface area contributed by atoms with Crippen LogP contribution in [0.25, 0.3) is 0 Å². The van der Waals surface area contributed by atoms with Gasteiger partial charge in [0.1, 0.15) is 11.6 Å². The van der Waals surface area contributed by atoms with Gasteiger partial charge in [-0.1, -0.05) is 19.0 Å². The number of rotatable bonds is 3. The molecule has 7 heteroatoms. The van der Waals surface area contributed by atoms with E-state index >= 15 is 0 Å². The van der Waals surface area contributed by atoms with E-state index in [1.165, 1.54) is 0 Å². The van der Waals surface area contributed by atoms with Gasteiger partial charge in [-0.05, 0) is 13.8 Å². The summed E-state index contributed by atoms with van der Waals surface area (Å²) in [5.41, 5.74) is 1.69. The minimum absolute atomic E-state index is 0.100. The average molecular weight is 329 g/mol. The van der Waals surface area contributed by atoms with Gasteiger partial charge < -0.3 is 14.3 Å². The van der Waals surface area contributed by atoms with Crippen molar-refractivity contribution in [3.63, 3.8) is 0 Å². The second kappa shape index (κ2) is 6.59. The molecule has 1 amide bonds. The summed E-state index contributed by atoms with van der Waals surface area (Å²) in [5.74, 6) is 2.30. The topological polar surface area (TPSA) is 75.4 Å². The van der Waals surface area contributed by atoms with E-state index in [1.54, 1.807) is 11.0 Å². The lowest BCUT2D eigenvalue weighted by Gasteiger charge is -2.35. The number of amides is 1. The Morgan fingerprint density at radius 3 is 2.38 bits per heavy atom. The molecule has 24 heavy (non-hydrogen) atoms. The van der Waals surface area contributed by atoms with Crippen LogP contribution in [-0.4, -0.2) is 52.1 Å². The van der Waals surface area contributed by atoms with Gasteiger partial charge in [-0.3, -0.25) is 4.79 Å². The van der Waals surface area contributed by atoms with Crippen LogP contribution in [0, 0.1) is 13.8 Å². The van der Waals surface area contributed by atoms with Crippen LogP contribution < -0.4 is 4.90 Å². The number of aromatic nitrogens is 3. The number of hydrogen-bond donors (Lipinski definition) is 0. The van der Waals surface area contributed by atoms with Gasteiger partial charge in [0.25, 0.3) is 5.91 Å². The minimum atomic E-state index is -0.100. The van der Waals surface area contributed by atoms with Crippen molar-refractivity contribution in [2.75, 3.05) is 31.1 Å². The summed E-state index contributed by atoms with van der Waals surface area (Å²) in [5, 5.41) is 3.78. The lowest BCUT2D eigenvalue weighted by molar-refractivity contribution is 0.0704. The van der Waals surface area contributed by atoms with Crippen LogP contribution >= 0.6 is 0 Å². The highest BCUT2D eigenvalue weighted by Gasteiger charge is 2.25. The smallest absolute Gasteiger partial charge is 0.292 e. The molecule has 7 nitrogen and oxygen atoms in total. The average Bonchev–Trinajstić information content (AvgIpc) is 3.00. The third-order valence-corrected chi connectivity index (χ3v) is 4.10. The molecular formula is C17H23N5O2. The molecule has 1 fully saturated rings. The van der Waals surface area contributed by atoms with Crippen molar-refractivity contribution < 1.29 is 9.32 Å². The zero-order valence-corrected chi connectivity index (χ0v) is 14.6. The van der Waals surface area contributed by atoms with E-state index in [4.69, 9.17) is 4.52 Å². The van der Waals surface area contributed by atoms with Crippen molar-refractivity contribution in [1.29, 1.82) is 0 Å². The molecule has 0 bridgehead atoms. The summed E-state index contributed by atoms with van der Waals surface area (Å²) >= 11 is 0. The third kappa shape index (κ3) is 3.39. The van der Waals surface area contributed by atoms with E-state index in [0.717, 1.165) is 36.1 Å². The minimum Gasteiger partial charge on any atom is -0.353 e. The second-order valence-electron chi connectivity index (χ2n) is 6.49. The highest BCUT2D eigenvalue weighted by Crippen LogP contribution is 2.19. The fraction of sp³-hybridized carbons (Fsp3) is 0.529. The Morgan fingerprint density at radius 2 is 1.79 bits per heavy atom. The maximum atomic E-state index is 12.4. The molecule has 0 radical (unpaired) electrons. The predicted octanol–water partition coefficient (Wildman–Crippen LogP) is 2.17. The van der Waals surface area contributed by atoms with E-state index in [1.807, 2.05) is 19.9 Å². The molecule has 1 saturated heterocycles. The van der Waals surface area contributed by atoms with Gasteiger partial charge in [0.2, 0.25) is 5.76 Å². The van der Waals surface area contributed by atoms with E-state index < -0.39 is 0 Å². The standard InChI is InChI=1S/C17H23N5O2/c1-11(2)16-18-12(3)10-15(19-16)21-5-7-22(8-6-21)17(23)14-9-13(4)20-24-14/h9-11H,5-8H2,1-4H3. The van der Waals surface area contributed by atoms with Crippen molar-refractivity contribution >= 4 is 11.7 Å². The normalized spacial score (nSPS) is 15.2. The van der Waals surface area contributed by atoms with E-state index in [2.05, 4.69) is 33.9 Å². The van der Waals surface area contributed by atoms with Gasteiger partial charge in [-0.15, -0.1) is 0 Å². The van der Waals surface area contributed by atoms with E-state index in [-0.39, 0.29) is 5.91 Å². The molecule has 0 N–H and O–H groups in total. The molecule has 0 aliphatic carbocycles. The molecule has 2 aromatic rings. The molecule has 0 unspecified atom stereocenters. The first-order valence-corrected chi connectivity index (χ1v) is 8.27. The van der Waals surface area contributed by atoms with Gasteiger partial charge in [-0.25, -0.2) is 9.97 Å². The first-order valence-electron chi connectivity index (χ1n) is 8.27. The number of hydrogen-bond acceptors (Lipinski definition) is 6. The summed E-state index contributed by atoms with van der Waals surface area (Å²) in [6.07, 6.45) is 0. The summed E-state index contributed by atoms with van der Waals surface area (Å²) in [6.45, 7) is 10.7. The Hall–Kier alpha value is -2.44. The Kier molecular flexibility index (Phi) is 4.51. The van der Waals surface area contributed by atoms with Crippen molar-refractivity contribution in [2.45, 2.75) is 33.6 Å². The lowest BCUT2D eigenvalue weighted by atomic mass is 10.2. The molecule has 1 aliphatic rings. The largest absolute Gasteiger partial charge is 0.353 e. The number of carbonyl (C=O) groups is 1. The Morgan fingerprint density at radius 1 is 1.08 bits per heavy atom. The van der Waals surface area contributed by atoms with E-state index in [0.29, 0.717) is 24.8 Å².